The number of hydrogen-bond acceptors (Lipinski definition) is 2. The molecular weight excluding hydrogens is 156 g/mol. The Morgan fingerprint density at radius 3 is 2.57 bits per heavy atom. The van der Waals surface area contributed by atoms with Crippen molar-refractivity contribution >= 4 is 20.6 Å². The van der Waals surface area contributed by atoms with Crippen LogP contribution < -0.4 is 5.32 Å². The van der Waals surface area contributed by atoms with Crippen LogP contribution in [-0.2, 0) is 0 Å². The summed E-state index contributed by atoms with van der Waals surface area (Å²) in [5.41, 5.74) is 0. The molecule has 0 aliphatic heterocycles. The van der Waals surface area contributed by atoms with Gasteiger partial charge < -0.3 is 5.32 Å². The highest BCUT2D eigenvalue weighted by atomic mass is 79.9. The van der Waals surface area contributed by atoms with Crippen LogP contribution in [-0.4, -0.2) is 11.7 Å². The van der Waals surface area contributed by atoms with E-state index in [4.69, 9.17) is 5.41 Å². The SMILES string of the molecule is CNC=CC(=N)Br. The second kappa shape index (κ2) is 3.87. The van der Waals surface area contributed by atoms with Gasteiger partial charge in [0.25, 0.3) is 0 Å². The van der Waals surface area contributed by atoms with E-state index >= 15 is 0 Å². The van der Waals surface area contributed by atoms with Gasteiger partial charge in [-0.1, -0.05) is 0 Å². The molecule has 0 rings (SSSR count). The van der Waals surface area contributed by atoms with E-state index in [-0.39, 0.29) is 0 Å². The van der Waals surface area contributed by atoms with Crippen LogP contribution in [0, 0.1) is 5.41 Å². The number of allylic oxidation sites excluding steroid dienone is 1. The van der Waals surface area contributed by atoms with Crippen LogP contribution >= 0.6 is 15.9 Å². The minimum absolute atomic E-state index is 0.377. The Bertz CT molecular complexity index is 87.7. The van der Waals surface area contributed by atoms with Gasteiger partial charge in [-0.25, -0.2) is 0 Å². The van der Waals surface area contributed by atoms with Crippen molar-refractivity contribution < 1.29 is 0 Å². The summed E-state index contributed by atoms with van der Waals surface area (Å²) in [5, 5.41) is 9.54. The van der Waals surface area contributed by atoms with E-state index in [1.165, 1.54) is 0 Å². The minimum Gasteiger partial charge on any atom is -0.394 e. The smallest absolute Gasteiger partial charge is 0.0981 e. The predicted molar refractivity (Wildman–Crippen MR) is 34.9 cm³/mol. The van der Waals surface area contributed by atoms with Crippen molar-refractivity contribution in [2.75, 3.05) is 7.05 Å². The molecule has 2 nitrogen and oxygen atoms in total. The van der Waals surface area contributed by atoms with Gasteiger partial charge in [-0.05, 0) is 28.2 Å². The highest BCUT2D eigenvalue weighted by molar-refractivity contribution is 9.18. The summed E-state index contributed by atoms with van der Waals surface area (Å²) in [6.45, 7) is 0. The van der Waals surface area contributed by atoms with Crippen LogP contribution in [0.4, 0.5) is 0 Å². The molecule has 0 unspecified atom stereocenters. The summed E-state index contributed by atoms with van der Waals surface area (Å²) in [4.78, 5) is 0. The van der Waals surface area contributed by atoms with Gasteiger partial charge in [-0.3, -0.25) is 5.41 Å². The van der Waals surface area contributed by atoms with Crippen molar-refractivity contribution in [3.63, 3.8) is 0 Å². The maximum Gasteiger partial charge on any atom is 0.0981 e. The fourth-order valence-electron chi connectivity index (χ4n) is 0.156. The van der Waals surface area contributed by atoms with Crippen LogP contribution in [0.3, 0.4) is 0 Å². The lowest BCUT2D eigenvalue weighted by Crippen LogP contribution is -1.91. The molecule has 0 atom stereocenters. The fourth-order valence-corrected chi connectivity index (χ4v) is 0.289. The first kappa shape index (κ1) is 6.69. The molecule has 0 saturated carbocycles. The Balaban J connectivity index is 3.26. The zero-order valence-corrected chi connectivity index (χ0v) is 5.62. The van der Waals surface area contributed by atoms with Crippen LogP contribution in [0.25, 0.3) is 0 Å². The maximum atomic E-state index is 6.79. The van der Waals surface area contributed by atoms with E-state index in [0.717, 1.165) is 0 Å². The van der Waals surface area contributed by atoms with Crippen molar-refractivity contribution in [3.8, 4) is 0 Å². The Labute approximate surface area is 51.2 Å². The zero-order chi connectivity index (χ0) is 5.70. The van der Waals surface area contributed by atoms with Gasteiger partial charge in [0.2, 0.25) is 0 Å². The van der Waals surface area contributed by atoms with E-state index < -0.39 is 0 Å². The first-order chi connectivity index (χ1) is 3.27. The molecule has 0 aromatic rings. The molecule has 7 heavy (non-hydrogen) atoms. The number of halogens is 1. The molecule has 0 saturated heterocycles. The summed E-state index contributed by atoms with van der Waals surface area (Å²) in [5.74, 6) is 0. The lowest BCUT2D eigenvalue weighted by Gasteiger charge is -1.80. The number of hydrogen-bond donors (Lipinski definition) is 2. The normalized spacial score (nSPS) is 9.43. The van der Waals surface area contributed by atoms with Gasteiger partial charge >= 0.3 is 0 Å². The summed E-state index contributed by atoms with van der Waals surface area (Å²) in [7, 11) is 1.78. The zero-order valence-electron chi connectivity index (χ0n) is 4.03. The topological polar surface area (TPSA) is 35.9 Å². The van der Waals surface area contributed by atoms with Crippen LogP contribution in [0.15, 0.2) is 12.3 Å². The number of nitrogens with one attached hydrogen (secondary N) is 2. The summed E-state index contributed by atoms with van der Waals surface area (Å²) in [6.07, 6.45) is 3.29. The molecule has 0 amide bonds. The van der Waals surface area contributed by atoms with E-state index in [1.54, 1.807) is 19.3 Å². The van der Waals surface area contributed by atoms with Gasteiger partial charge in [0.05, 0.1) is 4.62 Å². The first-order valence-electron chi connectivity index (χ1n) is 1.85. The van der Waals surface area contributed by atoms with E-state index in [1.807, 2.05) is 0 Å². The second-order valence-electron chi connectivity index (χ2n) is 0.970. The summed E-state index contributed by atoms with van der Waals surface area (Å²) in [6, 6.07) is 0. The molecule has 0 aromatic heterocycles. The molecule has 40 valence electrons. The Kier molecular flexibility index (Phi) is 3.69. The molecule has 0 aliphatic carbocycles. The second-order valence-corrected chi connectivity index (χ2v) is 1.82. The first-order valence-corrected chi connectivity index (χ1v) is 2.64. The fraction of sp³-hybridized carbons (Fsp3) is 0.250. The maximum absolute atomic E-state index is 6.79. The van der Waals surface area contributed by atoms with E-state index in [2.05, 4.69) is 21.2 Å². The largest absolute Gasteiger partial charge is 0.394 e. The van der Waals surface area contributed by atoms with Crippen LogP contribution in [0.1, 0.15) is 0 Å². The van der Waals surface area contributed by atoms with Gasteiger partial charge in [-0.15, -0.1) is 0 Å². The average molecular weight is 163 g/mol. The molecule has 0 fully saturated rings. The van der Waals surface area contributed by atoms with Crippen molar-refractivity contribution in [3.05, 3.63) is 12.3 Å². The monoisotopic (exact) mass is 162 g/mol. The van der Waals surface area contributed by atoms with Crippen molar-refractivity contribution in [1.29, 1.82) is 5.41 Å². The molecule has 0 radical (unpaired) electrons. The molecule has 3 heteroatoms. The molecule has 0 spiro atoms. The Hall–Kier alpha value is -0.310. The molecule has 0 bridgehead atoms. The lowest BCUT2D eigenvalue weighted by atomic mass is 10.7. The van der Waals surface area contributed by atoms with Crippen LogP contribution in [0.5, 0.6) is 0 Å². The number of rotatable bonds is 2. The quantitative estimate of drug-likeness (QED) is 0.587. The highest BCUT2D eigenvalue weighted by Gasteiger charge is 1.72. The summed E-state index contributed by atoms with van der Waals surface area (Å²) < 4.78 is 0.377. The predicted octanol–water partition coefficient (Wildman–Crippen LogP) is 1.09. The Morgan fingerprint density at radius 1 is 1.86 bits per heavy atom. The highest BCUT2D eigenvalue weighted by Crippen LogP contribution is 1.83. The van der Waals surface area contributed by atoms with Gasteiger partial charge in [0, 0.05) is 7.05 Å². The minimum atomic E-state index is 0.377. The standard InChI is InChI=1S/C4H7BrN2/c1-7-3-2-4(5)6/h2-3,6-7H,1H3. The van der Waals surface area contributed by atoms with Crippen LogP contribution in [0.2, 0.25) is 0 Å². The Morgan fingerprint density at radius 2 is 2.43 bits per heavy atom. The van der Waals surface area contributed by atoms with E-state index in [0.29, 0.717) is 4.62 Å². The third kappa shape index (κ3) is 5.69. The van der Waals surface area contributed by atoms with Crippen molar-refractivity contribution in [1.82, 2.24) is 5.32 Å². The average Bonchev–Trinajstić information content (AvgIpc) is 1.61. The molecular formula is C4H7BrN2. The molecule has 0 heterocycles. The lowest BCUT2D eigenvalue weighted by molar-refractivity contribution is 1.11. The van der Waals surface area contributed by atoms with E-state index in [9.17, 15) is 0 Å². The molecule has 2 N–H and O–H groups in total. The molecule has 0 aliphatic rings. The van der Waals surface area contributed by atoms with Gasteiger partial charge in [0.15, 0.2) is 0 Å². The van der Waals surface area contributed by atoms with Gasteiger partial charge in [0.1, 0.15) is 0 Å². The third-order valence-electron chi connectivity index (χ3n) is 0.396. The third-order valence-corrected chi connectivity index (χ3v) is 0.661. The van der Waals surface area contributed by atoms with Gasteiger partial charge in [-0.2, -0.15) is 0 Å². The van der Waals surface area contributed by atoms with Crippen molar-refractivity contribution in [2.24, 2.45) is 0 Å². The van der Waals surface area contributed by atoms with Crippen molar-refractivity contribution in [2.45, 2.75) is 0 Å². The molecule has 0 aromatic carbocycles. The summed E-state index contributed by atoms with van der Waals surface area (Å²) >= 11 is 2.93.